The number of nitrogens with two attached hydrogens (primary N) is 1. The molecule has 0 bridgehead atoms. The molecular formula is C12H16N2O2S. The van der Waals surface area contributed by atoms with E-state index in [0.29, 0.717) is 5.39 Å². The molecule has 0 radical (unpaired) electrons. The number of hydrogen-bond donors (Lipinski definition) is 1. The molecule has 1 aromatic carbocycles. The molecule has 2 N–H and O–H groups in total. The van der Waals surface area contributed by atoms with E-state index in [-0.39, 0.29) is 4.90 Å². The fourth-order valence-corrected chi connectivity index (χ4v) is 3.27. The van der Waals surface area contributed by atoms with Crippen molar-refractivity contribution in [2.24, 2.45) is 5.14 Å². The van der Waals surface area contributed by atoms with Crippen LogP contribution in [-0.2, 0) is 16.6 Å². The van der Waals surface area contributed by atoms with Crippen molar-refractivity contribution < 1.29 is 8.42 Å². The Balaban J connectivity index is 2.89. The molecule has 0 atom stereocenters. The van der Waals surface area contributed by atoms with Crippen LogP contribution in [0.4, 0.5) is 0 Å². The van der Waals surface area contributed by atoms with Gasteiger partial charge < -0.3 is 4.57 Å². The van der Waals surface area contributed by atoms with Crippen LogP contribution in [0.25, 0.3) is 10.9 Å². The Kier molecular flexibility index (Phi) is 2.97. The number of nitrogens with zero attached hydrogens (tertiary/aromatic N) is 1. The molecule has 2 aromatic rings. The van der Waals surface area contributed by atoms with Gasteiger partial charge in [-0.3, -0.25) is 0 Å². The number of primary sulfonamides is 1. The Labute approximate surface area is 101 Å². The van der Waals surface area contributed by atoms with E-state index in [0.717, 1.165) is 24.2 Å². The van der Waals surface area contributed by atoms with Crippen molar-refractivity contribution in [1.29, 1.82) is 0 Å². The fourth-order valence-electron chi connectivity index (χ4n) is 2.27. The number of hydrogen-bond acceptors (Lipinski definition) is 2. The molecule has 0 saturated carbocycles. The van der Waals surface area contributed by atoms with Crippen LogP contribution in [0.1, 0.15) is 19.0 Å². The quantitative estimate of drug-likeness (QED) is 0.908. The summed E-state index contributed by atoms with van der Waals surface area (Å²) >= 11 is 0. The number of rotatable bonds is 3. The third-order valence-corrected chi connectivity index (χ3v) is 3.99. The highest BCUT2D eigenvalue weighted by Crippen LogP contribution is 2.28. The van der Waals surface area contributed by atoms with Gasteiger partial charge in [-0.15, -0.1) is 0 Å². The van der Waals surface area contributed by atoms with Crippen LogP contribution in [0.2, 0.25) is 0 Å². The Hall–Kier alpha value is -1.33. The molecule has 0 aliphatic heterocycles. The van der Waals surface area contributed by atoms with Gasteiger partial charge in [0.2, 0.25) is 10.0 Å². The van der Waals surface area contributed by atoms with E-state index in [1.54, 1.807) is 13.0 Å². The average molecular weight is 252 g/mol. The summed E-state index contributed by atoms with van der Waals surface area (Å²) in [5.41, 5.74) is 1.64. The lowest BCUT2D eigenvalue weighted by molar-refractivity contribution is 0.596. The first-order chi connectivity index (χ1) is 7.96. The topological polar surface area (TPSA) is 65.1 Å². The van der Waals surface area contributed by atoms with Crippen LogP contribution in [-0.4, -0.2) is 13.0 Å². The molecule has 0 spiro atoms. The number of aryl methyl sites for hydroxylation is 1. The van der Waals surface area contributed by atoms with E-state index in [1.807, 2.05) is 22.8 Å². The summed E-state index contributed by atoms with van der Waals surface area (Å²) in [6.07, 6.45) is 0.948. The van der Waals surface area contributed by atoms with Crippen LogP contribution >= 0.6 is 0 Å². The Bertz CT molecular complexity index is 656. The number of sulfonamides is 1. The number of fused-ring (bicyclic) bond motifs is 1. The number of para-hydroxylation sites is 1. The summed E-state index contributed by atoms with van der Waals surface area (Å²) in [6.45, 7) is 4.65. The first-order valence-electron chi connectivity index (χ1n) is 5.57. The molecule has 1 heterocycles. The largest absolute Gasteiger partial charge is 0.343 e. The second-order valence-corrected chi connectivity index (χ2v) is 5.63. The van der Waals surface area contributed by atoms with Crippen LogP contribution < -0.4 is 5.14 Å². The van der Waals surface area contributed by atoms with Crippen molar-refractivity contribution in [3.63, 3.8) is 0 Å². The van der Waals surface area contributed by atoms with Gasteiger partial charge in [-0.25, -0.2) is 13.6 Å². The summed E-state index contributed by atoms with van der Waals surface area (Å²) in [5.74, 6) is 0. The minimum Gasteiger partial charge on any atom is -0.343 e. The van der Waals surface area contributed by atoms with E-state index in [9.17, 15) is 8.42 Å². The molecule has 0 saturated heterocycles. The standard InChI is InChI=1S/C12H16N2O2S/c1-3-8-14-9(2)12(17(13,15)16)10-6-4-5-7-11(10)14/h4-7H,3,8H2,1-2H3,(H2,13,15,16). The fraction of sp³-hybridized carbons (Fsp3) is 0.333. The zero-order valence-electron chi connectivity index (χ0n) is 9.97. The average Bonchev–Trinajstić information content (AvgIpc) is 2.52. The van der Waals surface area contributed by atoms with Crippen LogP contribution in [0.3, 0.4) is 0 Å². The highest BCUT2D eigenvalue weighted by molar-refractivity contribution is 7.89. The Morgan fingerprint density at radius 1 is 1.29 bits per heavy atom. The molecular weight excluding hydrogens is 236 g/mol. The minimum atomic E-state index is -3.68. The summed E-state index contributed by atoms with van der Waals surface area (Å²) in [5, 5.41) is 6.00. The Morgan fingerprint density at radius 3 is 2.53 bits per heavy atom. The van der Waals surface area contributed by atoms with Gasteiger partial charge in [0.05, 0.1) is 0 Å². The summed E-state index contributed by atoms with van der Waals surface area (Å²) < 4.78 is 25.3. The molecule has 0 aliphatic carbocycles. The lowest BCUT2D eigenvalue weighted by Crippen LogP contribution is -2.13. The number of benzene rings is 1. The van der Waals surface area contributed by atoms with E-state index in [4.69, 9.17) is 5.14 Å². The van der Waals surface area contributed by atoms with Gasteiger partial charge >= 0.3 is 0 Å². The zero-order valence-corrected chi connectivity index (χ0v) is 10.8. The maximum Gasteiger partial charge on any atom is 0.240 e. The van der Waals surface area contributed by atoms with E-state index in [1.165, 1.54) is 0 Å². The lowest BCUT2D eigenvalue weighted by atomic mass is 10.2. The molecule has 0 amide bonds. The van der Waals surface area contributed by atoms with Gasteiger partial charge in [-0.2, -0.15) is 0 Å². The van der Waals surface area contributed by atoms with Crippen molar-refractivity contribution in [3.05, 3.63) is 30.0 Å². The van der Waals surface area contributed by atoms with Crippen LogP contribution in [0.15, 0.2) is 29.2 Å². The van der Waals surface area contributed by atoms with Crippen molar-refractivity contribution in [1.82, 2.24) is 4.57 Å². The molecule has 4 nitrogen and oxygen atoms in total. The van der Waals surface area contributed by atoms with E-state index in [2.05, 4.69) is 6.92 Å². The van der Waals surface area contributed by atoms with Crippen LogP contribution in [0.5, 0.6) is 0 Å². The monoisotopic (exact) mass is 252 g/mol. The van der Waals surface area contributed by atoms with Crippen LogP contribution in [0, 0.1) is 6.92 Å². The number of aromatic nitrogens is 1. The van der Waals surface area contributed by atoms with Crippen molar-refractivity contribution >= 4 is 20.9 Å². The highest BCUT2D eigenvalue weighted by Gasteiger charge is 2.21. The van der Waals surface area contributed by atoms with Crippen molar-refractivity contribution in [2.45, 2.75) is 31.7 Å². The normalized spacial score (nSPS) is 12.2. The van der Waals surface area contributed by atoms with Gasteiger partial charge in [0.1, 0.15) is 4.90 Å². The van der Waals surface area contributed by atoms with Gasteiger partial charge in [0.15, 0.2) is 0 Å². The van der Waals surface area contributed by atoms with Gasteiger partial charge in [0, 0.05) is 23.1 Å². The Morgan fingerprint density at radius 2 is 1.94 bits per heavy atom. The maximum absolute atomic E-state index is 11.6. The third-order valence-electron chi connectivity index (χ3n) is 2.90. The first-order valence-corrected chi connectivity index (χ1v) is 7.12. The summed E-state index contributed by atoms with van der Waals surface area (Å²) in [4.78, 5) is 0.251. The third kappa shape index (κ3) is 1.96. The predicted molar refractivity (Wildman–Crippen MR) is 68.3 cm³/mol. The van der Waals surface area contributed by atoms with Gasteiger partial charge in [0.25, 0.3) is 0 Å². The summed E-state index contributed by atoms with van der Waals surface area (Å²) in [6, 6.07) is 7.45. The molecule has 1 aromatic heterocycles. The molecule has 5 heteroatoms. The molecule has 92 valence electrons. The second kappa shape index (κ2) is 4.16. The van der Waals surface area contributed by atoms with Crippen molar-refractivity contribution in [3.8, 4) is 0 Å². The molecule has 0 unspecified atom stereocenters. The smallest absolute Gasteiger partial charge is 0.240 e. The minimum absolute atomic E-state index is 0.251. The first kappa shape index (κ1) is 12.1. The SMILES string of the molecule is CCCn1c(C)c(S(N)(=O)=O)c2ccccc21. The van der Waals surface area contributed by atoms with Gasteiger partial charge in [-0.1, -0.05) is 25.1 Å². The highest BCUT2D eigenvalue weighted by atomic mass is 32.2. The van der Waals surface area contributed by atoms with Crippen molar-refractivity contribution in [2.75, 3.05) is 0 Å². The zero-order chi connectivity index (χ0) is 12.6. The van der Waals surface area contributed by atoms with E-state index < -0.39 is 10.0 Å². The molecule has 0 fully saturated rings. The maximum atomic E-state index is 11.6. The van der Waals surface area contributed by atoms with E-state index >= 15 is 0 Å². The summed E-state index contributed by atoms with van der Waals surface area (Å²) in [7, 11) is -3.68. The second-order valence-electron chi connectivity index (χ2n) is 4.13. The molecule has 17 heavy (non-hydrogen) atoms. The lowest BCUT2D eigenvalue weighted by Gasteiger charge is -2.05. The molecule has 2 rings (SSSR count). The van der Waals surface area contributed by atoms with Gasteiger partial charge in [-0.05, 0) is 19.4 Å². The molecule has 0 aliphatic rings. The predicted octanol–water partition coefficient (Wildman–Crippen LogP) is 2.01.